The van der Waals surface area contributed by atoms with Gasteiger partial charge >= 0.3 is 5.69 Å². The number of hydrogen-bond acceptors (Lipinski definition) is 5. The summed E-state index contributed by atoms with van der Waals surface area (Å²) in [6.45, 7) is 3.11. The predicted molar refractivity (Wildman–Crippen MR) is 88.0 cm³/mol. The number of nitrogens with one attached hydrogen (secondary N) is 1. The standard InChI is InChI=1S/C15H19N3O4S/c1-2-17-14(20)13-11(5-7-23-13)18(15(17)21)9-12(19)16-8-10-4-3-6-22-10/h5,7,10H,2-4,6,8-9H2,1H3,(H,16,19). The van der Waals surface area contributed by atoms with Crippen LogP contribution in [0.3, 0.4) is 0 Å². The first-order valence-corrected chi connectivity index (χ1v) is 8.59. The van der Waals surface area contributed by atoms with Crippen LogP contribution >= 0.6 is 11.3 Å². The molecule has 1 N–H and O–H groups in total. The van der Waals surface area contributed by atoms with Crippen LogP contribution in [0.4, 0.5) is 0 Å². The highest BCUT2D eigenvalue weighted by Gasteiger charge is 2.18. The van der Waals surface area contributed by atoms with Crippen molar-refractivity contribution in [3.63, 3.8) is 0 Å². The molecule has 1 unspecified atom stereocenters. The summed E-state index contributed by atoms with van der Waals surface area (Å²) in [5, 5.41) is 4.56. The molecule has 3 rings (SSSR count). The summed E-state index contributed by atoms with van der Waals surface area (Å²) in [4.78, 5) is 36.8. The highest BCUT2D eigenvalue weighted by Crippen LogP contribution is 2.15. The molecule has 0 bridgehead atoms. The minimum atomic E-state index is -0.448. The van der Waals surface area contributed by atoms with Gasteiger partial charge in [0, 0.05) is 19.7 Å². The minimum absolute atomic E-state index is 0.0569. The van der Waals surface area contributed by atoms with Crippen molar-refractivity contribution in [1.29, 1.82) is 0 Å². The molecule has 0 saturated carbocycles. The van der Waals surface area contributed by atoms with Gasteiger partial charge in [-0.05, 0) is 31.2 Å². The van der Waals surface area contributed by atoms with Gasteiger partial charge in [0.25, 0.3) is 5.56 Å². The molecule has 1 aliphatic heterocycles. The van der Waals surface area contributed by atoms with E-state index < -0.39 is 5.69 Å². The van der Waals surface area contributed by atoms with Gasteiger partial charge in [-0.3, -0.25) is 18.7 Å². The fraction of sp³-hybridized carbons (Fsp3) is 0.533. The summed E-state index contributed by atoms with van der Waals surface area (Å²) < 4.78 is 8.48. The molecule has 7 nitrogen and oxygen atoms in total. The summed E-state index contributed by atoms with van der Waals surface area (Å²) in [5.74, 6) is -0.253. The number of hydrogen-bond donors (Lipinski definition) is 1. The van der Waals surface area contributed by atoms with Crippen molar-refractivity contribution in [1.82, 2.24) is 14.5 Å². The number of amides is 1. The van der Waals surface area contributed by atoms with Crippen LogP contribution in [0.25, 0.3) is 10.2 Å². The lowest BCUT2D eigenvalue weighted by molar-refractivity contribution is -0.122. The van der Waals surface area contributed by atoms with Crippen LogP contribution < -0.4 is 16.6 Å². The molecule has 1 fully saturated rings. The molecule has 124 valence electrons. The number of thiophene rings is 1. The summed E-state index contributed by atoms with van der Waals surface area (Å²) in [6, 6.07) is 1.70. The van der Waals surface area contributed by atoms with Crippen LogP contribution in [0.1, 0.15) is 19.8 Å². The lowest BCUT2D eigenvalue weighted by Gasteiger charge is -2.13. The minimum Gasteiger partial charge on any atom is -0.376 e. The Kier molecular flexibility index (Phi) is 4.63. The second-order valence-corrected chi connectivity index (χ2v) is 6.41. The van der Waals surface area contributed by atoms with E-state index in [2.05, 4.69) is 5.32 Å². The summed E-state index contributed by atoms with van der Waals surface area (Å²) in [6.07, 6.45) is 2.01. The normalized spacial score (nSPS) is 17.7. The van der Waals surface area contributed by atoms with E-state index in [1.165, 1.54) is 15.9 Å². The molecule has 0 spiro atoms. The average Bonchev–Trinajstić information content (AvgIpc) is 3.21. The number of carbonyl (C=O) groups excluding carboxylic acids is 1. The van der Waals surface area contributed by atoms with Crippen LogP contribution in [0, 0.1) is 0 Å². The number of ether oxygens (including phenoxy) is 1. The summed E-state index contributed by atoms with van der Waals surface area (Å²) in [7, 11) is 0. The van der Waals surface area contributed by atoms with Gasteiger partial charge in [0.05, 0.1) is 11.6 Å². The average molecular weight is 337 g/mol. The Morgan fingerprint density at radius 2 is 2.26 bits per heavy atom. The molecule has 23 heavy (non-hydrogen) atoms. The van der Waals surface area contributed by atoms with Gasteiger partial charge in [-0.1, -0.05) is 0 Å². The van der Waals surface area contributed by atoms with E-state index in [0.717, 1.165) is 24.0 Å². The molecule has 1 amide bonds. The van der Waals surface area contributed by atoms with E-state index in [1.54, 1.807) is 18.4 Å². The highest BCUT2D eigenvalue weighted by molar-refractivity contribution is 7.17. The van der Waals surface area contributed by atoms with Gasteiger partial charge in [-0.15, -0.1) is 11.3 Å². The lowest BCUT2D eigenvalue weighted by Crippen LogP contribution is -2.42. The first-order chi connectivity index (χ1) is 11.1. The largest absolute Gasteiger partial charge is 0.376 e. The first kappa shape index (κ1) is 15.9. The SMILES string of the molecule is CCn1c(=O)c2sccc2n(CC(=O)NCC2CCCO2)c1=O. The number of nitrogens with zero attached hydrogens (tertiary/aromatic N) is 2. The van der Waals surface area contributed by atoms with E-state index >= 15 is 0 Å². The Balaban J connectivity index is 1.84. The van der Waals surface area contributed by atoms with E-state index in [9.17, 15) is 14.4 Å². The van der Waals surface area contributed by atoms with E-state index in [-0.39, 0.29) is 30.7 Å². The maximum absolute atomic E-state index is 12.5. The van der Waals surface area contributed by atoms with Crippen molar-refractivity contribution < 1.29 is 9.53 Å². The second kappa shape index (κ2) is 6.67. The first-order valence-electron chi connectivity index (χ1n) is 7.71. The fourth-order valence-electron chi connectivity index (χ4n) is 2.80. The number of carbonyl (C=O) groups is 1. The molecule has 0 radical (unpaired) electrons. The molecule has 1 atom stereocenters. The van der Waals surface area contributed by atoms with Gasteiger partial charge in [0.1, 0.15) is 11.2 Å². The highest BCUT2D eigenvalue weighted by atomic mass is 32.1. The summed E-state index contributed by atoms with van der Waals surface area (Å²) >= 11 is 1.28. The van der Waals surface area contributed by atoms with Crippen LogP contribution in [0.5, 0.6) is 0 Å². The van der Waals surface area contributed by atoms with E-state index in [1.807, 2.05) is 0 Å². The quantitative estimate of drug-likeness (QED) is 0.863. The van der Waals surface area contributed by atoms with Crippen molar-refractivity contribution in [3.8, 4) is 0 Å². The zero-order chi connectivity index (χ0) is 16.4. The molecule has 8 heteroatoms. The van der Waals surface area contributed by atoms with Crippen molar-refractivity contribution in [3.05, 3.63) is 32.3 Å². The van der Waals surface area contributed by atoms with E-state index in [0.29, 0.717) is 16.8 Å². The van der Waals surface area contributed by atoms with Crippen molar-refractivity contribution in [2.75, 3.05) is 13.2 Å². The number of fused-ring (bicyclic) bond motifs is 1. The van der Waals surface area contributed by atoms with Crippen LogP contribution in [0.2, 0.25) is 0 Å². The Bertz CT molecular complexity index is 829. The molecule has 1 aliphatic rings. The lowest BCUT2D eigenvalue weighted by atomic mass is 10.2. The predicted octanol–water partition coefficient (Wildman–Crippen LogP) is 0.540. The molecular formula is C15H19N3O4S. The van der Waals surface area contributed by atoms with Gasteiger partial charge in [-0.2, -0.15) is 0 Å². The van der Waals surface area contributed by atoms with Gasteiger partial charge in [-0.25, -0.2) is 4.79 Å². The molecule has 3 heterocycles. The molecular weight excluding hydrogens is 318 g/mol. The van der Waals surface area contributed by atoms with Crippen molar-refractivity contribution in [2.24, 2.45) is 0 Å². The Labute approximate surface area is 136 Å². The maximum atomic E-state index is 12.5. The topological polar surface area (TPSA) is 82.3 Å². The molecule has 2 aromatic rings. The Morgan fingerprint density at radius 3 is 2.96 bits per heavy atom. The van der Waals surface area contributed by atoms with Crippen molar-refractivity contribution in [2.45, 2.75) is 39.0 Å². The third kappa shape index (κ3) is 3.09. The fourth-order valence-corrected chi connectivity index (χ4v) is 3.64. The monoisotopic (exact) mass is 337 g/mol. The van der Waals surface area contributed by atoms with Crippen LogP contribution in [0.15, 0.2) is 21.0 Å². The maximum Gasteiger partial charge on any atom is 0.331 e. The zero-order valence-electron chi connectivity index (χ0n) is 12.9. The molecule has 1 saturated heterocycles. The van der Waals surface area contributed by atoms with Gasteiger partial charge < -0.3 is 10.1 Å². The summed E-state index contributed by atoms with van der Waals surface area (Å²) in [5.41, 5.74) is -0.226. The Hall–Kier alpha value is -1.93. The van der Waals surface area contributed by atoms with Crippen molar-refractivity contribution >= 4 is 27.5 Å². The second-order valence-electron chi connectivity index (χ2n) is 5.49. The third-order valence-electron chi connectivity index (χ3n) is 4.01. The number of rotatable bonds is 5. The van der Waals surface area contributed by atoms with Crippen LogP contribution in [-0.2, 0) is 22.6 Å². The Morgan fingerprint density at radius 1 is 1.43 bits per heavy atom. The van der Waals surface area contributed by atoms with Gasteiger partial charge in [0.2, 0.25) is 5.91 Å². The molecule has 0 aliphatic carbocycles. The number of aromatic nitrogens is 2. The van der Waals surface area contributed by atoms with Crippen LogP contribution in [-0.4, -0.2) is 34.3 Å². The molecule has 0 aromatic carbocycles. The van der Waals surface area contributed by atoms with E-state index in [4.69, 9.17) is 4.74 Å². The molecule has 2 aromatic heterocycles. The smallest absolute Gasteiger partial charge is 0.331 e. The third-order valence-corrected chi connectivity index (χ3v) is 4.90. The zero-order valence-corrected chi connectivity index (χ0v) is 13.7. The van der Waals surface area contributed by atoms with Gasteiger partial charge in [0.15, 0.2) is 0 Å².